The van der Waals surface area contributed by atoms with Gasteiger partial charge in [-0.1, -0.05) is 67.2 Å². The highest BCUT2D eigenvalue weighted by Gasteiger charge is 2.47. The van der Waals surface area contributed by atoms with E-state index in [1.165, 1.54) is 13.2 Å². The van der Waals surface area contributed by atoms with Gasteiger partial charge in [-0.25, -0.2) is 4.79 Å². The largest absolute Gasteiger partial charge is 0.537 e. The van der Waals surface area contributed by atoms with Crippen molar-refractivity contribution in [1.82, 2.24) is 0 Å². The van der Waals surface area contributed by atoms with Crippen LogP contribution in [0.4, 0.5) is 4.79 Å². The van der Waals surface area contributed by atoms with Crippen LogP contribution in [0.25, 0.3) is 0 Å². The molecule has 0 saturated carbocycles. The quantitative estimate of drug-likeness (QED) is 0.00877. The summed E-state index contributed by atoms with van der Waals surface area (Å²) < 4.78 is 130. The fourth-order valence-electron chi connectivity index (χ4n) is 10.3. The second-order valence-corrected chi connectivity index (χ2v) is 36.0. The van der Waals surface area contributed by atoms with Gasteiger partial charge in [0.2, 0.25) is 0 Å². The molecule has 1 aliphatic heterocycles. The van der Waals surface area contributed by atoms with E-state index in [0.29, 0.717) is 117 Å². The van der Waals surface area contributed by atoms with E-state index in [0.717, 1.165) is 69.4 Å². The van der Waals surface area contributed by atoms with Crippen LogP contribution in [0.5, 0.6) is 28.7 Å². The fourth-order valence-corrected chi connectivity index (χ4v) is 22.8. The van der Waals surface area contributed by atoms with Gasteiger partial charge in [-0.15, -0.1) is 0 Å². The van der Waals surface area contributed by atoms with Crippen LogP contribution in [0.15, 0.2) is 134 Å². The Morgan fingerprint density at radius 3 is 1.01 bits per heavy atom. The molecular weight excluding hydrogens is 1470 g/mol. The Morgan fingerprint density at radius 1 is 0.421 bits per heavy atom. The third-order valence-electron chi connectivity index (χ3n) is 14.1. The number of hydrogen-bond acceptors (Lipinski definition) is 25. The van der Waals surface area contributed by atoms with Crippen LogP contribution in [-0.4, -0.2) is 188 Å². The first-order chi connectivity index (χ1) is 51.5. The minimum Gasteiger partial charge on any atom is -0.468 e. The Morgan fingerprint density at radius 2 is 0.729 bits per heavy atom. The van der Waals surface area contributed by atoms with Crippen LogP contribution in [-0.2, 0) is 91.4 Å². The van der Waals surface area contributed by atoms with E-state index in [1.54, 1.807) is 64.3 Å². The molecule has 0 aliphatic carbocycles. The van der Waals surface area contributed by atoms with E-state index >= 15 is 0 Å². The molecule has 0 spiro atoms. The van der Waals surface area contributed by atoms with Gasteiger partial charge in [-0.2, -0.15) is 0 Å². The molecule has 1 heterocycles. The summed E-state index contributed by atoms with van der Waals surface area (Å²) >= 11 is 0. The zero-order valence-electron chi connectivity index (χ0n) is 67.5. The van der Waals surface area contributed by atoms with Gasteiger partial charge < -0.3 is 104 Å². The van der Waals surface area contributed by atoms with E-state index in [2.05, 4.69) is 6.58 Å². The topological polar surface area (TPSA) is 246 Å². The van der Waals surface area contributed by atoms with Crippen molar-refractivity contribution in [3.8, 4) is 28.7 Å². The van der Waals surface area contributed by atoms with Crippen LogP contribution in [0.2, 0.25) is 0 Å². The van der Waals surface area contributed by atoms with Crippen molar-refractivity contribution in [2.75, 3.05) is 120 Å². The molecule has 0 amide bonds. The number of ether oxygens (including phenoxy) is 8. The molecule has 107 heavy (non-hydrogen) atoms. The molecule has 1 aliphatic rings. The standard InChI is InChI=1S/C17H28O6Si.C17H28O5Si.C15H24O4Si.C14H24O5Si.C14H22O5Si/c1-7-19-24(20-8-2,21-9-3)15-12-10-14(11-13-15)22-16(18)23-17(4,5)6;1-4-19-23(20-5-2,21-6-3)16-12-10-15(11-13-16)22-17-9-7-8-14-18-17;1-5-16-15-11-9-14(10-12-15)13-20(17-6-2,18-7-3)19-8-4;1-5-17-20(18-6-2,19-7-3)14-10-8-13(9-11-14)16-12-15-4;1-5-16-20(17-6-2,18-7-3)14-10-8-13(9-11-14)19-12(4)15/h10-13H,7-9H2,1-6H3;10-13,17H,4-9,14H2,1-3H3;5,9-12H,1,6-8,13H2,2-4H3;8-11H,5-7,12H2,1-4H3;8-11H,5-7H2,1-4H3. The summed E-state index contributed by atoms with van der Waals surface area (Å²) in [5.41, 5.74) is 0.515. The molecule has 604 valence electrons. The molecule has 5 aromatic carbocycles. The normalized spacial score (nSPS) is 13.2. The number of rotatable bonds is 45. The summed E-state index contributed by atoms with van der Waals surface area (Å²) in [6.07, 6.45) is 3.74. The minimum absolute atomic E-state index is 0.137. The lowest BCUT2D eigenvalue weighted by atomic mass is 10.2. The number of benzene rings is 5. The van der Waals surface area contributed by atoms with Crippen LogP contribution in [0.3, 0.4) is 0 Å². The summed E-state index contributed by atoms with van der Waals surface area (Å²) in [7, 11) is -12.5. The second kappa shape index (κ2) is 54.9. The third-order valence-corrected chi connectivity index (χ3v) is 29.3. The molecule has 0 aromatic heterocycles. The SMILES string of the molecule is C=COc1ccc(C[Si](OCC)(OCC)OCC)cc1.CCO[Si](OCC)(OCC)c1ccc(OC(=O)OC(C)(C)C)cc1.CCO[Si](OCC)(OCC)c1ccc(OC(C)=O)cc1.CCO[Si](OCC)(OCC)c1ccc(OC2CCCCO2)cc1.CCO[Si](OCC)(OCC)c1ccc(OCOC)cc1. The van der Waals surface area contributed by atoms with Crippen LogP contribution in [0, 0.1) is 0 Å². The van der Waals surface area contributed by atoms with Gasteiger partial charge in [0.15, 0.2) is 13.1 Å². The number of carbonyl (C=O) groups excluding carboxylic acids is 2. The average molecular weight is 1590 g/mol. The fraction of sp³-hybridized carbons (Fsp3) is 0.558. The van der Waals surface area contributed by atoms with Gasteiger partial charge >= 0.3 is 56.1 Å². The first-order valence-corrected chi connectivity index (χ1v) is 46.2. The summed E-state index contributed by atoms with van der Waals surface area (Å²) in [5, 5.41) is 3.58. The minimum atomic E-state index is -2.94. The first kappa shape index (κ1) is 97.5. The summed E-state index contributed by atoms with van der Waals surface area (Å²) in [6, 6.07) is 37.9. The highest BCUT2D eigenvalue weighted by Crippen LogP contribution is 2.24. The lowest BCUT2D eigenvalue weighted by Gasteiger charge is -2.29. The van der Waals surface area contributed by atoms with Crippen molar-refractivity contribution in [2.24, 2.45) is 0 Å². The molecule has 1 fully saturated rings. The summed E-state index contributed by atoms with van der Waals surface area (Å²) in [6.45, 7) is 48.3. The van der Waals surface area contributed by atoms with Gasteiger partial charge in [-0.05, 0) is 204 Å². The third kappa shape index (κ3) is 35.5. The lowest BCUT2D eigenvalue weighted by molar-refractivity contribution is -0.131. The van der Waals surface area contributed by atoms with Crippen molar-refractivity contribution in [3.63, 3.8) is 0 Å². The predicted molar refractivity (Wildman–Crippen MR) is 423 cm³/mol. The Balaban J connectivity index is 0.000000455. The van der Waals surface area contributed by atoms with Gasteiger partial charge in [-0.3, -0.25) is 4.79 Å². The molecule has 6 rings (SSSR count). The second-order valence-electron chi connectivity index (χ2n) is 23.2. The molecule has 0 bridgehead atoms. The molecule has 1 unspecified atom stereocenters. The molecule has 1 atom stereocenters. The van der Waals surface area contributed by atoms with Gasteiger partial charge in [0.1, 0.15) is 34.3 Å². The number of hydrogen-bond donors (Lipinski definition) is 0. The Labute approximate surface area is 644 Å². The van der Waals surface area contributed by atoms with Crippen LogP contribution >= 0.6 is 0 Å². The molecule has 5 aromatic rings. The van der Waals surface area contributed by atoms with Crippen molar-refractivity contribution in [3.05, 3.63) is 140 Å². The van der Waals surface area contributed by atoms with Crippen LogP contribution < -0.4 is 44.4 Å². The zero-order valence-corrected chi connectivity index (χ0v) is 72.5. The maximum atomic E-state index is 11.7. The monoisotopic (exact) mass is 1590 g/mol. The Hall–Kier alpha value is -5.62. The highest BCUT2D eigenvalue weighted by atomic mass is 28.4. The predicted octanol–water partition coefficient (Wildman–Crippen LogP) is 13.2. The molecule has 1 saturated heterocycles. The van der Waals surface area contributed by atoms with E-state index < -0.39 is 55.8 Å². The summed E-state index contributed by atoms with van der Waals surface area (Å²) in [4.78, 5) is 22.6. The number of carbonyl (C=O) groups is 2. The Kier molecular flexibility index (Phi) is 50.0. The first-order valence-electron chi connectivity index (χ1n) is 37.4. The molecule has 25 nitrogen and oxygen atoms in total. The van der Waals surface area contributed by atoms with Crippen LogP contribution in [0.1, 0.15) is 156 Å². The van der Waals surface area contributed by atoms with E-state index in [1.807, 2.05) is 189 Å². The molecule has 0 N–H and O–H groups in total. The van der Waals surface area contributed by atoms with Crippen molar-refractivity contribution in [2.45, 2.75) is 169 Å². The van der Waals surface area contributed by atoms with Gasteiger partial charge in [0.05, 0.1) is 12.9 Å². The molecule has 30 heteroatoms. The van der Waals surface area contributed by atoms with Crippen molar-refractivity contribution >= 4 is 76.9 Å². The number of esters is 1. The lowest BCUT2D eigenvalue weighted by Crippen LogP contribution is -2.56. The Bertz CT molecular complexity index is 3000. The van der Waals surface area contributed by atoms with Gasteiger partial charge in [0, 0.05) is 146 Å². The van der Waals surface area contributed by atoms with Gasteiger partial charge in [0.25, 0.3) is 0 Å². The van der Waals surface area contributed by atoms with E-state index in [-0.39, 0.29) is 19.1 Å². The highest BCUT2D eigenvalue weighted by molar-refractivity contribution is 6.76. The zero-order chi connectivity index (χ0) is 79.5. The number of methoxy groups -OCH3 is 1. The maximum Gasteiger partial charge on any atom is 0.537 e. The summed E-state index contributed by atoms with van der Waals surface area (Å²) in [5.74, 6) is 2.84. The van der Waals surface area contributed by atoms with Crippen molar-refractivity contribution in [1.29, 1.82) is 0 Å². The smallest absolute Gasteiger partial charge is 0.468 e. The van der Waals surface area contributed by atoms with E-state index in [9.17, 15) is 9.59 Å². The maximum absolute atomic E-state index is 11.7. The average Bonchev–Trinajstić information content (AvgIpc) is 0.835. The van der Waals surface area contributed by atoms with E-state index in [4.69, 9.17) is 104 Å². The molecule has 0 radical (unpaired) electrons. The molecular formula is C77H126O25Si5. The van der Waals surface area contributed by atoms with Crippen molar-refractivity contribution < 1.29 is 114 Å².